The van der Waals surface area contributed by atoms with Crippen molar-refractivity contribution in [3.8, 4) is 0 Å². The summed E-state index contributed by atoms with van der Waals surface area (Å²) in [6.07, 6.45) is -0.446. The third kappa shape index (κ3) is 4.19. The van der Waals surface area contributed by atoms with Gasteiger partial charge in [-0.25, -0.2) is 0 Å². The molecule has 0 aliphatic carbocycles. The molecular formula is C21H20ClNO4. The number of carbonyl (C=O) groups is 3. The van der Waals surface area contributed by atoms with Gasteiger partial charge in [-0.05, 0) is 18.6 Å². The van der Waals surface area contributed by atoms with Crippen molar-refractivity contribution in [3.05, 3.63) is 65.2 Å². The molecule has 2 atom stereocenters. The number of nitrogens with zero attached hydrogens (tertiary/aromatic N) is 1. The zero-order chi connectivity index (χ0) is 19.4. The number of hydrogen-bond donors (Lipinski definition) is 0. The summed E-state index contributed by atoms with van der Waals surface area (Å²) in [7, 11) is 0. The van der Waals surface area contributed by atoms with Gasteiger partial charge in [0.05, 0.1) is 16.6 Å². The maximum absolute atomic E-state index is 12.6. The van der Waals surface area contributed by atoms with Crippen LogP contribution in [0.4, 0.5) is 5.69 Å². The van der Waals surface area contributed by atoms with E-state index in [9.17, 15) is 14.4 Å². The summed E-state index contributed by atoms with van der Waals surface area (Å²) in [6.45, 7) is 1.98. The molecule has 1 aliphatic heterocycles. The summed E-state index contributed by atoms with van der Waals surface area (Å²) >= 11 is 6.16. The Kier molecular flexibility index (Phi) is 5.91. The molecule has 0 aromatic heterocycles. The summed E-state index contributed by atoms with van der Waals surface area (Å²) in [4.78, 5) is 39.0. The molecule has 2 aromatic rings. The predicted molar refractivity (Wildman–Crippen MR) is 103 cm³/mol. The Hall–Kier alpha value is -2.66. The maximum atomic E-state index is 12.6. The van der Waals surface area contributed by atoms with Crippen molar-refractivity contribution in [2.24, 2.45) is 5.92 Å². The number of halogens is 1. The molecule has 0 unspecified atom stereocenters. The number of ether oxygens (including phenoxy) is 1. The van der Waals surface area contributed by atoms with E-state index in [2.05, 4.69) is 0 Å². The molecule has 0 bridgehead atoms. The van der Waals surface area contributed by atoms with Crippen LogP contribution in [-0.4, -0.2) is 30.3 Å². The number of para-hydroxylation sites is 1. The third-order valence-electron chi connectivity index (χ3n) is 4.58. The number of ketones is 1. The first-order valence-electron chi connectivity index (χ1n) is 8.86. The minimum Gasteiger partial charge on any atom is -0.454 e. The van der Waals surface area contributed by atoms with E-state index in [0.29, 0.717) is 22.7 Å². The molecule has 140 valence electrons. The highest BCUT2D eigenvalue weighted by atomic mass is 35.5. The fourth-order valence-electron chi connectivity index (χ4n) is 3.12. The van der Waals surface area contributed by atoms with Gasteiger partial charge in [-0.1, -0.05) is 61.0 Å². The monoisotopic (exact) mass is 385 g/mol. The number of hydrogen-bond acceptors (Lipinski definition) is 4. The van der Waals surface area contributed by atoms with E-state index in [4.69, 9.17) is 16.3 Å². The number of carbonyl (C=O) groups excluding carboxylic acids is 3. The third-order valence-corrected chi connectivity index (χ3v) is 4.90. The van der Waals surface area contributed by atoms with Gasteiger partial charge >= 0.3 is 5.97 Å². The van der Waals surface area contributed by atoms with Gasteiger partial charge in [0.1, 0.15) is 0 Å². The molecule has 1 heterocycles. The molecule has 2 aromatic carbocycles. The van der Waals surface area contributed by atoms with Gasteiger partial charge in [-0.2, -0.15) is 0 Å². The van der Waals surface area contributed by atoms with Crippen LogP contribution in [0.25, 0.3) is 0 Å². The smallest absolute Gasteiger partial charge is 0.312 e. The zero-order valence-corrected chi connectivity index (χ0v) is 15.7. The van der Waals surface area contributed by atoms with Crippen LogP contribution in [0, 0.1) is 5.92 Å². The van der Waals surface area contributed by atoms with Crippen molar-refractivity contribution >= 4 is 34.9 Å². The van der Waals surface area contributed by atoms with Crippen LogP contribution in [0.2, 0.25) is 5.02 Å². The second-order valence-corrected chi connectivity index (χ2v) is 6.83. The number of benzene rings is 2. The van der Waals surface area contributed by atoms with Crippen molar-refractivity contribution in [1.82, 2.24) is 0 Å². The van der Waals surface area contributed by atoms with Crippen LogP contribution in [0.5, 0.6) is 0 Å². The topological polar surface area (TPSA) is 63.7 Å². The SMILES string of the molecule is CC[C@H](OC(=O)[C@@H]1CC(=O)N(c2ccccc2Cl)C1)C(=O)c1ccccc1. The lowest BCUT2D eigenvalue weighted by atomic mass is 10.0. The molecule has 27 heavy (non-hydrogen) atoms. The predicted octanol–water partition coefficient (Wildman–Crippen LogP) is 3.90. The fourth-order valence-corrected chi connectivity index (χ4v) is 3.35. The van der Waals surface area contributed by atoms with Gasteiger partial charge in [0.2, 0.25) is 11.7 Å². The number of rotatable bonds is 6. The first-order valence-corrected chi connectivity index (χ1v) is 9.23. The molecule has 0 spiro atoms. The number of anilines is 1. The molecule has 5 nitrogen and oxygen atoms in total. The fraction of sp³-hybridized carbons (Fsp3) is 0.286. The van der Waals surface area contributed by atoms with Gasteiger partial charge < -0.3 is 9.64 Å². The van der Waals surface area contributed by atoms with Crippen LogP contribution in [-0.2, 0) is 14.3 Å². The van der Waals surface area contributed by atoms with E-state index >= 15 is 0 Å². The molecule has 1 fully saturated rings. The van der Waals surface area contributed by atoms with Crippen molar-refractivity contribution in [2.75, 3.05) is 11.4 Å². The van der Waals surface area contributed by atoms with Crippen LogP contribution in [0.15, 0.2) is 54.6 Å². The molecular weight excluding hydrogens is 366 g/mol. The van der Waals surface area contributed by atoms with Crippen molar-refractivity contribution in [2.45, 2.75) is 25.9 Å². The Morgan fingerprint density at radius 2 is 1.81 bits per heavy atom. The van der Waals surface area contributed by atoms with Gasteiger partial charge in [0.25, 0.3) is 0 Å². The number of amides is 1. The molecule has 3 rings (SSSR count). The highest BCUT2D eigenvalue weighted by molar-refractivity contribution is 6.33. The minimum absolute atomic E-state index is 0.0417. The normalized spacial score (nSPS) is 17.6. The van der Waals surface area contributed by atoms with E-state index in [1.807, 2.05) is 6.07 Å². The van der Waals surface area contributed by atoms with Gasteiger partial charge in [-0.3, -0.25) is 14.4 Å². The number of Topliss-reactive ketones (excluding diaryl/α,β-unsaturated/α-hetero) is 1. The van der Waals surface area contributed by atoms with Crippen LogP contribution in [0.3, 0.4) is 0 Å². The molecule has 1 aliphatic rings. The molecule has 0 radical (unpaired) electrons. The van der Waals surface area contributed by atoms with E-state index in [0.717, 1.165) is 0 Å². The second-order valence-electron chi connectivity index (χ2n) is 6.42. The molecule has 0 saturated carbocycles. The lowest BCUT2D eigenvalue weighted by Gasteiger charge is -2.19. The number of esters is 1. The average Bonchev–Trinajstić information content (AvgIpc) is 3.08. The molecule has 6 heteroatoms. The molecule has 1 amide bonds. The quantitative estimate of drug-likeness (QED) is 0.559. The molecule has 0 N–H and O–H groups in total. The zero-order valence-electron chi connectivity index (χ0n) is 14.9. The second kappa shape index (κ2) is 8.35. The minimum atomic E-state index is -0.857. The van der Waals surface area contributed by atoms with E-state index in [-0.39, 0.29) is 24.7 Å². The van der Waals surface area contributed by atoms with E-state index in [1.165, 1.54) is 4.90 Å². The summed E-state index contributed by atoms with van der Waals surface area (Å²) in [5.41, 5.74) is 1.07. The standard InChI is InChI=1S/C21H20ClNO4/c1-2-18(20(25)14-8-4-3-5-9-14)27-21(26)15-12-19(24)23(13-15)17-11-7-6-10-16(17)22/h3-11,15,18H,2,12-13H2,1H3/t15-,18+/m1/s1. The Morgan fingerprint density at radius 3 is 2.48 bits per heavy atom. The lowest BCUT2D eigenvalue weighted by molar-refractivity contribution is -0.151. The average molecular weight is 386 g/mol. The van der Waals surface area contributed by atoms with Crippen molar-refractivity contribution < 1.29 is 19.1 Å². The summed E-state index contributed by atoms with van der Waals surface area (Å²) in [5, 5.41) is 0.450. The van der Waals surface area contributed by atoms with Crippen molar-refractivity contribution in [1.29, 1.82) is 0 Å². The van der Waals surface area contributed by atoms with Gasteiger partial charge in [0.15, 0.2) is 6.10 Å². The summed E-state index contributed by atoms with van der Waals surface area (Å²) in [5.74, 6) is -1.58. The van der Waals surface area contributed by atoms with Crippen LogP contribution in [0.1, 0.15) is 30.1 Å². The Balaban J connectivity index is 1.68. The molecule has 1 saturated heterocycles. The summed E-state index contributed by atoms with van der Waals surface area (Å²) < 4.78 is 5.46. The van der Waals surface area contributed by atoms with Gasteiger partial charge in [-0.15, -0.1) is 0 Å². The largest absolute Gasteiger partial charge is 0.454 e. The van der Waals surface area contributed by atoms with E-state index in [1.54, 1.807) is 55.5 Å². The highest BCUT2D eigenvalue weighted by Crippen LogP contribution is 2.31. The first-order chi connectivity index (χ1) is 13.0. The lowest BCUT2D eigenvalue weighted by Crippen LogP contribution is -2.31. The Labute approximate surface area is 162 Å². The Bertz CT molecular complexity index is 852. The van der Waals surface area contributed by atoms with Crippen LogP contribution >= 0.6 is 11.6 Å². The van der Waals surface area contributed by atoms with Gasteiger partial charge in [0, 0.05) is 18.5 Å². The van der Waals surface area contributed by atoms with Crippen molar-refractivity contribution in [3.63, 3.8) is 0 Å². The van der Waals surface area contributed by atoms with Crippen LogP contribution < -0.4 is 4.90 Å². The highest BCUT2D eigenvalue weighted by Gasteiger charge is 2.38. The maximum Gasteiger partial charge on any atom is 0.312 e. The van der Waals surface area contributed by atoms with E-state index < -0.39 is 18.0 Å². The first kappa shape index (κ1) is 19.1. The Morgan fingerprint density at radius 1 is 1.15 bits per heavy atom. The summed E-state index contributed by atoms with van der Waals surface area (Å²) in [6, 6.07) is 15.7.